The van der Waals surface area contributed by atoms with Gasteiger partial charge < -0.3 is 0 Å². The molecule has 0 radical (unpaired) electrons. The van der Waals surface area contributed by atoms with E-state index >= 15 is 0 Å². The second-order valence-electron chi connectivity index (χ2n) is 6.17. The molecule has 0 fully saturated rings. The number of halogens is 1. The lowest BCUT2D eigenvalue weighted by atomic mass is 9.96. The smallest absolute Gasteiger partial charge is 0.212 e. The van der Waals surface area contributed by atoms with Gasteiger partial charge in [0.15, 0.2) is 0 Å². The summed E-state index contributed by atoms with van der Waals surface area (Å²) in [5.41, 5.74) is 2.83. The van der Waals surface area contributed by atoms with Gasteiger partial charge in [-0.25, -0.2) is 17.5 Å². The molecular weight excluding hydrogens is 349 g/mol. The predicted molar refractivity (Wildman–Crippen MR) is 102 cm³/mol. The summed E-state index contributed by atoms with van der Waals surface area (Å²) in [6.45, 7) is 1.94. The van der Waals surface area contributed by atoms with E-state index in [1.54, 1.807) is 12.1 Å². The van der Waals surface area contributed by atoms with Gasteiger partial charge >= 0.3 is 0 Å². The molecule has 0 amide bonds. The first-order chi connectivity index (χ1) is 12.5. The van der Waals surface area contributed by atoms with Crippen LogP contribution in [-0.4, -0.2) is 8.42 Å². The van der Waals surface area contributed by atoms with Crippen LogP contribution in [0, 0.1) is 12.7 Å². The SMILES string of the molecule is Cc1ccccc1[C@@H](NS(=O)(=O)Cc1ccccc1F)c1ccccc1. The van der Waals surface area contributed by atoms with Crippen LogP contribution in [0.3, 0.4) is 0 Å². The van der Waals surface area contributed by atoms with Gasteiger partial charge in [-0.05, 0) is 29.7 Å². The minimum Gasteiger partial charge on any atom is -0.212 e. The molecule has 0 spiro atoms. The summed E-state index contributed by atoms with van der Waals surface area (Å²) < 4.78 is 42.1. The van der Waals surface area contributed by atoms with E-state index in [0.29, 0.717) is 0 Å². The molecular formula is C21H20FNO2S. The minimum atomic E-state index is -3.76. The Balaban J connectivity index is 1.96. The third-order valence-corrected chi connectivity index (χ3v) is 5.52. The summed E-state index contributed by atoms with van der Waals surface area (Å²) in [5, 5.41) is 0. The summed E-state index contributed by atoms with van der Waals surface area (Å²) in [6.07, 6.45) is 0. The van der Waals surface area contributed by atoms with Gasteiger partial charge in [-0.3, -0.25) is 0 Å². The highest BCUT2D eigenvalue weighted by Gasteiger charge is 2.23. The maximum Gasteiger partial charge on any atom is 0.216 e. The molecule has 0 heterocycles. The molecule has 3 aromatic rings. The second kappa shape index (κ2) is 7.81. The molecule has 0 bridgehead atoms. The maximum absolute atomic E-state index is 13.9. The lowest BCUT2D eigenvalue weighted by molar-refractivity contribution is 0.566. The Morgan fingerprint density at radius 1 is 0.885 bits per heavy atom. The fraction of sp³-hybridized carbons (Fsp3) is 0.143. The van der Waals surface area contributed by atoms with Gasteiger partial charge in [-0.1, -0.05) is 72.8 Å². The topological polar surface area (TPSA) is 46.2 Å². The Morgan fingerprint density at radius 3 is 2.19 bits per heavy atom. The molecule has 3 rings (SSSR count). The number of sulfonamides is 1. The molecule has 0 aliphatic heterocycles. The van der Waals surface area contributed by atoms with Gasteiger partial charge in [0.2, 0.25) is 10.0 Å². The minimum absolute atomic E-state index is 0.150. The fourth-order valence-electron chi connectivity index (χ4n) is 2.91. The van der Waals surface area contributed by atoms with Crippen molar-refractivity contribution in [3.8, 4) is 0 Å². The monoisotopic (exact) mass is 369 g/mol. The number of aryl methyl sites for hydroxylation is 1. The van der Waals surface area contributed by atoms with Gasteiger partial charge in [0.1, 0.15) is 5.82 Å². The van der Waals surface area contributed by atoms with E-state index < -0.39 is 27.6 Å². The Kier molecular flexibility index (Phi) is 5.49. The van der Waals surface area contributed by atoms with Gasteiger partial charge in [-0.2, -0.15) is 0 Å². The molecule has 0 saturated heterocycles. The predicted octanol–water partition coefficient (Wildman–Crippen LogP) is 4.34. The molecule has 3 aromatic carbocycles. The van der Waals surface area contributed by atoms with Crippen molar-refractivity contribution in [1.29, 1.82) is 0 Å². The fourth-order valence-corrected chi connectivity index (χ4v) is 4.26. The largest absolute Gasteiger partial charge is 0.216 e. The van der Waals surface area contributed by atoms with Crippen molar-refractivity contribution in [2.75, 3.05) is 0 Å². The maximum atomic E-state index is 13.9. The van der Waals surface area contributed by atoms with Crippen LogP contribution >= 0.6 is 0 Å². The molecule has 1 atom stereocenters. The first kappa shape index (κ1) is 18.3. The zero-order chi connectivity index (χ0) is 18.6. The van der Waals surface area contributed by atoms with E-state index in [2.05, 4.69) is 4.72 Å². The van der Waals surface area contributed by atoms with Crippen molar-refractivity contribution in [3.63, 3.8) is 0 Å². The Bertz CT molecular complexity index is 988. The number of hydrogen-bond donors (Lipinski definition) is 1. The lowest BCUT2D eigenvalue weighted by Gasteiger charge is -2.21. The molecule has 1 N–H and O–H groups in total. The van der Waals surface area contributed by atoms with Crippen molar-refractivity contribution in [2.45, 2.75) is 18.7 Å². The van der Waals surface area contributed by atoms with E-state index in [9.17, 15) is 12.8 Å². The van der Waals surface area contributed by atoms with Crippen molar-refractivity contribution in [2.24, 2.45) is 0 Å². The first-order valence-electron chi connectivity index (χ1n) is 8.30. The Morgan fingerprint density at radius 2 is 1.50 bits per heavy atom. The summed E-state index contributed by atoms with van der Waals surface area (Å²) in [4.78, 5) is 0. The van der Waals surface area contributed by atoms with Crippen LogP contribution in [0.25, 0.3) is 0 Å². The number of nitrogens with one attached hydrogen (secondary N) is 1. The van der Waals surface area contributed by atoms with Crippen LogP contribution in [0.2, 0.25) is 0 Å². The second-order valence-corrected chi connectivity index (χ2v) is 7.92. The van der Waals surface area contributed by atoms with Gasteiger partial charge in [0, 0.05) is 5.56 Å². The van der Waals surface area contributed by atoms with Crippen LogP contribution in [0.4, 0.5) is 4.39 Å². The van der Waals surface area contributed by atoms with Gasteiger partial charge in [0.25, 0.3) is 0 Å². The van der Waals surface area contributed by atoms with Crippen LogP contribution in [0.5, 0.6) is 0 Å². The summed E-state index contributed by atoms with van der Waals surface area (Å²) >= 11 is 0. The third-order valence-electron chi connectivity index (χ3n) is 4.23. The van der Waals surface area contributed by atoms with Crippen molar-refractivity contribution < 1.29 is 12.8 Å². The average molecular weight is 369 g/mol. The summed E-state index contributed by atoms with van der Waals surface area (Å²) in [5.74, 6) is -0.931. The molecule has 3 nitrogen and oxygen atoms in total. The van der Waals surface area contributed by atoms with Crippen molar-refractivity contribution >= 4 is 10.0 Å². The quantitative estimate of drug-likeness (QED) is 0.702. The molecule has 0 aliphatic carbocycles. The van der Waals surface area contributed by atoms with Gasteiger partial charge in [0.05, 0.1) is 11.8 Å². The van der Waals surface area contributed by atoms with E-state index in [0.717, 1.165) is 16.7 Å². The average Bonchev–Trinajstić information content (AvgIpc) is 2.63. The van der Waals surface area contributed by atoms with Crippen LogP contribution < -0.4 is 4.72 Å². The number of rotatable bonds is 6. The molecule has 134 valence electrons. The van der Waals surface area contributed by atoms with E-state index in [1.165, 1.54) is 12.1 Å². The summed E-state index contributed by atoms with van der Waals surface area (Å²) in [6, 6.07) is 22.4. The van der Waals surface area contributed by atoms with Crippen LogP contribution in [0.15, 0.2) is 78.9 Å². The molecule has 0 saturated carbocycles. The Labute approximate surface area is 153 Å². The van der Waals surface area contributed by atoms with Crippen LogP contribution in [-0.2, 0) is 15.8 Å². The highest BCUT2D eigenvalue weighted by molar-refractivity contribution is 7.88. The lowest BCUT2D eigenvalue weighted by Crippen LogP contribution is -2.31. The molecule has 0 aromatic heterocycles. The van der Waals surface area contributed by atoms with Crippen molar-refractivity contribution in [3.05, 3.63) is 107 Å². The molecule has 5 heteroatoms. The highest BCUT2D eigenvalue weighted by atomic mass is 32.2. The zero-order valence-corrected chi connectivity index (χ0v) is 15.2. The summed E-state index contributed by atoms with van der Waals surface area (Å²) in [7, 11) is -3.76. The normalized spacial score (nSPS) is 12.7. The van der Waals surface area contributed by atoms with E-state index in [1.807, 2.05) is 61.5 Å². The van der Waals surface area contributed by atoms with E-state index in [4.69, 9.17) is 0 Å². The van der Waals surface area contributed by atoms with Gasteiger partial charge in [-0.15, -0.1) is 0 Å². The molecule has 0 aliphatic rings. The first-order valence-corrected chi connectivity index (χ1v) is 9.95. The standard InChI is InChI=1S/C21H20FNO2S/c1-16-9-5-7-13-19(16)21(17-10-3-2-4-11-17)23-26(24,25)15-18-12-6-8-14-20(18)22/h2-14,21,23H,15H2,1H3/t21-/m0/s1. The Hall–Kier alpha value is -2.50. The zero-order valence-electron chi connectivity index (χ0n) is 14.4. The van der Waals surface area contributed by atoms with Crippen molar-refractivity contribution in [1.82, 2.24) is 4.72 Å². The number of hydrogen-bond acceptors (Lipinski definition) is 2. The molecule has 0 unspecified atom stereocenters. The third kappa shape index (κ3) is 4.36. The molecule has 26 heavy (non-hydrogen) atoms. The highest BCUT2D eigenvalue weighted by Crippen LogP contribution is 2.26. The van der Waals surface area contributed by atoms with E-state index in [-0.39, 0.29) is 5.56 Å². The number of benzene rings is 3. The van der Waals surface area contributed by atoms with Crippen LogP contribution in [0.1, 0.15) is 28.3 Å².